The molecule has 1 aliphatic heterocycles. The Hall–Kier alpha value is -1.03. The van der Waals surface area contributed by atoms with Crippen LogP contribution in [0.25, 0.3) is 0 Å². The van der Waals surface area contributed by atoms with E-state index in [0.717, 1.165) is 25.9 Å². The molecule has 3 nitrogen and oxygen atoms in total. The second-order valence-electron chi connectivity index (χ2n) is 3.70. The summed E-state index contributed by atoms with van der Waals surface area (Å²) in [4.78, 5) is 0. The first-order valence-electron chi connectivity index (χ1n) is 5.09. The predicted molar refractivity (Wildman–Crippen MR) is 56.4 cm³/mol. The van der Waals surface area contributed by atoms with Crippen LogP contribution in [0.1, 0.15) is 19.8 Å². The summed E-state index contributed by atoms with van der Waals surface area (Å²) in [7, 11) is 0. The van der Waals surface area contributed by atoms with E-state index in [0.29, 0.717) is 12.5 Å². The molecule has 1 heterocycles. The third-order valence-corrected chi connectivity index (χ3v) is 2.98. The lowest BCUT2D eigenvalue weighted by molar-refractivity contribution is 0.213. The summed E-state index contributed by atoms with van der Waals surface area (Å²) >= 11 is 0. The van der Waals surface area contributed by atoms with Gasteiger partial charge in [0.1, 0.15) is 5.54 Å². The molecule has 76 valence electrons. The van der Waals surface area contributed by atoms with Crippen molar-refractivity contribution in [2.24, 2.45) is 5.92 Å². The van der Waals surface area contributed by atoms with Gasteiger partial charge in [-0.2, -0.15) is 5.26 Å². The Morgan fingerprint density at radius 1 is 1.71 bits per heavy atom. The molecule has 0 aromatic heterocycles. The largest absolute Gasteiger partial charge is 0.316 e. The van der Waals surface area contributed by atoms with Gasteiger partial charge in [0.15, 0.2) is 0 Å². The summed E-state index contributed by atoms with van der Waals surface area (Å²) in [5.74, 6) is 2.89. The summed E-state index contributed by atoms with van der Waals surface area (Å²) in [5.41, 5.74) is -0.410. The van der Waals surface area contributed by atoms with Crippen molar-refractivity contribution in [3.05, 3.63) is 0 Å². The average molecular weight is 191 g/mol. The molecule has 1 saturated heterocycles. The molecule has 14 heavy (non-hydrogen) atoms. The second kappa shape index (κ2) is 5.00. The van der Waals surface area contributed by atoms with Crippen LogP contribution in [-0.2, 0) is 0 Å². The van der Waals surface area contributed by atoms with E-state index in [9.17, 15) is 5.26 Å². The monoisotopic (exact) mass is 191 g/mol. The molecule has 3 heteroatoms. The van der Waals surface area contributed by atoms with Crippen LogP contribution in [0.5, 0.6) is 0 Å². The van der Waals surface area contributed by atoms with E-state index >= 15 is 0 Å². The van der Waals surface area contributed by atoms with E-state index in [1.165, 1.54) is 0 Å². The summed E-state index contributed by atoms with van der Waals surface area (Å²) in [6, 6.07) is 2.41. The van der Waals surface area contributed by atoms with Gasteiger partial charge in [0.2, 0.25) is 0 Å². The Balaban J connectivity index is 2.73. The summed E-state index contributed by atoms with van der Waals surface area (Å²) in [6.07, 6.45) is 7.04. The van der Waals surface area contributed by atoms with E-state index < -0.39 is 5.54 Å². The van der Waals surface area contributed by atoms with E-state index in [1.54, 1.807) is 0 Å². The maximum absolute atomic E-state index is 9.26. The van der Waals surface area contributed by atoms with Gasteiger partial charge in [-0.3, -0.25) is 5.32 Å². The maximum atomic E-state index is 9.26. The quantitative estimate of drug-likeness (QED) is 0.638. The lowest BCUT2D eigenvalue weighted by Crippen LogP contribution is -2.58. The first kappa shape index (κ1) is 11.0. The Bertz CT molecular complexity index is 261. The molecule has 0 aliphatic carbocycles. The van der Waals surface area contributed by atoms with Crippen molar-refractivity contribution < 1.29 is 0 Å². The van der Waals surface area contributed by atoms with E-state index in [1.807, 2.05) is 0 Å². The molecule has 2 atom stereocenters. The fourth-order valence-corrected chi connectivity index (χ4v) is 2.06. The van der Waals surface area contributed by atoms with Gasteiger partial charge >= 0.3 is 0 Å². The fraction of sp³-hybridized carbons (Fsp3) is 0.727. The van der Waals surface area contributed by atoms with E-state index in [4.69, 9.17) is 6.42 Å². The number of piperidine rings is 1. The molecule has 0 amide bonds. The fourth-order valence-electron chi connectivity index (χ4n) is 2.06. The molecule has 0 spiro atoms. The van der Waals surface area contributed by atoms with E-state index in [-0.39, 0.29) is 0 Å². The Morgan fingerprint density at radius 3 is 3.07 bits per heavy atom. The SMILES string of the molecule is C#CCNC1(C#N)CCNCC1CC. The molecule has 1 rings (SSSR count). The topological polar surface area (TPSA) is 47.9 Å². The van der Waals surface area contributed by atoms with Crippen molar-refractivity contribution in [3.63, 3.8) is 0 Å². The smallest absolute Gasteiger partial charge is 0.112 e. The van der Waals surface area contributed by atoms with Crippen LogP contribution in [0.15, 0.2) is 0 Å². The van der Waals surface area contributed by atoms with E-state index in [2.05, 4.69) is 29.5 Å². The van der Waals surface area contributed by atoms with Crippen LogP contribution in [0, 0.1) is 29.6 Å². The van der Waals surface area contributed by atoms with Crippen molar-refractivity contribution >= 4 is 0 Å². The lowest BCUT2D eigenvalue weighted by atomic mass is 9.78. The number of nitriles is 1. The van der Waals surface area contributed by atoms with Crippen molar-refractivity contribution in [1.29, 1.82) is 5.26 Å². The zero-order valence-corrected chi connectivity index (χ0v) is 8.64. The third-order valence-electron chi connectivity index (χ3n) is 2.98. The minimum atomic E-state index is -0.410. The van der Waals surface area contributed by atoms with Crippen LogP contribution in [0.3, 0.4) is 0 Å². The first-order chi connectivity index (χ1) is 6.79. The minimum absolute atomic E-state index is 0.356. The first-order valence-corrected chi connectivity index (χ1v) is 5.09. The summed E-state index contributed by atoms with van der Waals surface area (Å²) in [6.45, 7) is 4.38. The van der Waals surface area contributed by atoms with Crippen molar-refractivity contribution in [2.75, 3.05) is 19.6 Å². The summed E-state index contributed by atoms with van der Waals surface area (Å²) in [5, 5.41) is 15.8. The van der Waals surface area contributed by atoms with Gasteiger partial charge in [0.05, 0.1) is 12.6 Å². The Kier molecular flexibility index (Phi) is 3.95. The highest BCUT2D eigenvalue weighted by atomic mass is 15.0. The molecular formula is C11H17N3. The number of hydrogen-bond acceptors (Lipinski definition) is 3. The van der Waals surface area contributed by atoms with Crippen molar-refractivity contribution in [1.82, 2.24) is 10.6 Å². The molecule has 2 unspecified atom stereocenters. The maximum Gasteiger partial charge on any atom is 0.112 e. The van der Waals surface area contributed by atoms with Gasteiger partial charge in [0.25, 0.3) is 0 Å². The number of nitrogens with one attached hydrogen (secondary N) is 2. The van der Waals surface area contributed by atoms with Gasteiger partial charge in [0, 0.05) is 12.5 Å². The third kappa shape index (κ3) is 2.07. The standard InChI is InChI=1S/C11H17N3/c1-3-6-14-11(9-12)5-7-13-8-10(11)4-2/h1,10,13-14H,4-8H2,2H3. The van der Waals surface area contributed by atoms with Crippen molar-refractivity contribution in [2.45, 2.75) is 25.3 Å². The Labute approximate surface area is 85.9 Å². The Morgan fingerprint density at radius 2 is 2.50 bits per heavy atom. The summed E-state index contributed by atoms with van der Waals surface area (Å²) < 4.78 is 0. The number of rotatable bonds is 3. The highest BCUT2D eigenvalue weighted by molar-refractivity contribution is 5.14. The van der Waals surface area contributed by atoms with Crippen LogP contribution >= 0.6 is 0 Å². The molecule has 2 N–H and O–H groups in total. The molecule has 0 bridgehead atoms. The highest BCUT2D eigenvalue weighted by Crippen LogP contribution is 2.26. The van der Waals surface area contributed by atoms with Crippen LogP contribution in [0.2, 0.25) is 0 Å². The van der Waals surface area contributed by atoms with Gasteiger partial charge in [-0.05, 0) is 19.4 Å². The molecule has 0 aromatic carbocycles. The molecule has 0 aromatic rings. The predicted octanol–water partition coefficient (Wildman–Crippen LogP) is 0.491. The molecule has 1 aliphatic rings. The van der Waals surface area contributed by atoms with Crippen LogP contribution in [-0.4, -0.2) is 25.2 Å². The normalized spacial score (nSPS) is 31.8. The highest BCUT2D eigenvalue weighted by Gasteiger charge is 2.39. The molecule has 1 fully saturated rings. The van der Waals surface area contributed by atoms with Crippen molar-refractivity contribution in [3.8, 4) is 18.4 Å². The zero-order chi connectivity index (χ0) is 10.4. The van der Waals surface area contributed by atoms with Gasteiger partial charge in [-0.15, -0.1) is 6.42 Å². The van der Waals surface area contributed by atoms with Gasteiger partial charge < -0.3 is 5.32 Å². The number of nitrogens with zero attached hydrogens (tertiary/aromatic N) is 1. The average Bonchev–Trinajstić information content (AvgIpc) is 2.26. The second-order valence-corrected chi connectivity index (χ2v) is 3.70. The van der Waals surface area contributed by atoms with Crippen LogP contribution < -0.4 is 10.6 Å². The lowest BCUT2D eigenvalue weighted by Gasteiger charge is -2.39. The molecule has 0 radical (unpaired) electrons. The van der Waals surface area contributed by atoms with Gasteiger partial charge in [-0.1, -0.05) is 12.8 Å². The zero-order valence-electron chi connectivity index (χ0n) is 8.64. The number of terminal acetylenes is 1. The van der Waals surface area contributed by atoms with Gasteiger partial charge in [-0.25, -0.2) is 0 Å². The van der Waals surface area contributed by atoms with Crippen LogP contribution in [0.4, 0.5) is 0 Å². The molecule has 0 saturated carbocycles. The molecular weight excluding hydrogens is 174 g/mol. The minimum Gasteiger partial charge on any atom is -0.316 e. The number of hydrogen-bond donors (Lipinski definition) is 2.